The zero-order valence-corrected chi connectivity index (χ0v) is 15.3. The minimum atomic E-state index is 0.0224. The first-order chi connectivity index (χ1) is 13.3. The fourth-order valence-electron chi connectivity index (χ4n) is 3.51. The standard InChI is InChI=1S/C19H17N5O2S/c25-19(12-5-6-14-15(9-12)21-11-20-14)24-7-1-3-13(10-24)17-22-23-18(26-17)16-4-2-8-27-16/h2,4-6,8-9,11,13H,1,3,7,10H2,(H,20,21). The normalized spacial score (nSPS) is 17.5. The van der Waals surface area contributed by atoms with Crippen LogP contribution in [0, 0.1) is 0 Å². The van der Waals surface area contributed by atoms with Gasteiger partial charge in [-0.25, -0.2) is 4.98 Å². The van der Waals surface area contributed by atoms with Gasteiger partial charge in [0, 0.05) is 18.7 Å². The van der Waals surface area contributed by atoms with E-state index >= 15 is 0 Å². The maximum absolute atomic E-state index is 13.0. The molecule has 1 aromatic carbocycles. The molecule has 0 saturated carbocycles. The Bertz CT molecular complexity index is 1080. The van der Waals surface area contributed by atoms with Crippen LogP contribution in [-0.2, 0) is 0 Å². The average Bonchev–Trinajstić information content (AvgIpc) is 3.47. The molecule has 1 fully saturated rings. The van der Waals surface area contributed by atoms with Crippen LogP contribution in [0.3, 0.4) is 0 Å². The van der Waals surface area contributed by atoms with Crippen LogP contribution in [0.1, 0.15) is 35.0 Å². The summed E-state index contributed by atoms with van der Waals surface area (Å²) < 4.78 is 5.89. The van der Waals surface area contributed by atoms with E-state index in [9.17, 15) is 4.79 Å². The van der Waals surface area contributed by atoms with Crippen LogP contribution in [-0.4, -0.2) is 44.1 Å². The number of imidazole rings is 1. The summed E-state index contributed by atoms with van der Waals surface area (Å²) in [7, 11) is 0. The first-order valence-corrected chi connectivity index (χ1v) is 9.75. The SMILES string of the molecule is O=C(c1ccc2nc[nH]c2c1)N1CCCC(c2nnc(-c3cccs3)o2)C1. The van der Waals surface area contributed by atoms with Crippen LogP contribution >= 0.6 is 11.3 Å². The fraction of sp³-hybridized carbons (Fsp3) is 0.263. The molecule has 7 nitrogen and oxygen atoms in total. The van der Waals surface area contributed by atoms with Crippen molar-refractivity contribution in [3.8, 4) is 10.8 Å². The molecule has 8 heteroatoms. The van der Waals surface area contributed by atoms with Crippen LogP contribution in [0.4, 0.5) is 0 Å². The molecular weight excluding hydrogens is 362 g/mol. The molecule has 0 aliphatic carbocycles. The Morgan fingerprint density at radius 1 is 1.30 bits per heavy atom. The van der Waals surface area contributed by atoms with Gasteiger partial charge in [0.25, 0.3) is 11.8 Å². The van der Waals surface area contributed by atoms with E-state index < -0.39 is 0 Å². The molecule has 0 radical (unpaired) electrons. The second kappa shape index (κ2) is 6.62. The van der Waals surface area contributed by atoms with Crippen molar-refractivity contribution < 1.29 is 9.21 Å². The number of thiophene rings is 1. The van der Waals surface area contributed by atoms with E-state index in [4.69, 9.17) is 4.42 Å². The lowest BCUT2D eigenvalue weighted by Crippen LogP contribution is -2.39. The van der Waals surface area contributed by atoms with Crippen molar-refractivity contribution in [3.05, 3.63) is 53.5 Å². The number of fused-ring (bicyclic) bond motifs is 1. The molecule has 0 bridgehead atoms. The molecule has 1 amide bonds. The Labute approximate surface area is 159 Å². The van der Waals surface area contributed by atoms with Crippen molar-refractivity contribution in [3.63, 3.8) is 0 Å². The Morgan fingerprint density at radius 3 is 3.15 bits per heavy atom. The maximum Gasteiger partial charge on any atom is 0.257 e. The first-order valence-electron chi connectivity index (χ1n) is 8.87. The van der Waals surface area contributed by atoms with Gasteiger partial charge in [-0.3, -0.25) is 4.79 Å². The van der Waals surface area contributed by atoms with Crippen molar-refractivity contribution in [2.75, 3.05) is 13.1 Å². The van der Waals surface area contributed by atoms with Crippen molar-refractivity contribution in [1.82, 2.24) is 25.1 Å². The van der Waals surface area contributed by atoms with Gasteiger partial charge in [0.2, 0.25) is 5.89 Å². The van der Waals surface area contributed by atoms with Gasteiger partial charge in [-0.2, -0.15) is 0 Å². The molecule has 4 aromatic rings. The van der Waals surface area contributed by atoms with Crippen LogP contribution in [0.25, 0.3) is 21.8 Å². The molecule has 1 unspecified atom stereocenters. The highest BCUT2D eigenvalue weighted by molar-refractivity contribution is 7.13. The minimum absolute atomic E-state index is 0.0224. The predicted molar refractivity (Wildman–Crippen MR) is 102 cm³/mol. The van der Waals surface area contributed by atoms with Crippen molar-refractivity contribution >= 4 is 28.3 Å². The number of nitrogens with one attached hydrogen (secondary N) is 1. The second-order valence-electron chi connectivity index (χ2n) is 6.65. The van der Waals surface area contributed by atoms with E-state index in [1.807, 2.05) is 40.6 Å². The highest BCUT2D eigenvalue weighted by Gasteiger charge is 2.29. The van der Waals surface area contributed by atoms with Gasteiger partial charge in [0.15, 0.2) is 0 Å². The highest BCUT2D eigenvalue weighted by Crippen LogP contribution is 2.30. The van der Waals surface area contributed by atoms with E-state index in [2.05, 4.69) is 20.2 Å². The van der Waals surface area contributed by atoms with Gasteiger partial charge in [0.05, 0.1) is 28.2 Å². The van der Waals surface area contributed by atoms with Crippen molar-refractivity contribution in [2.24, 2.45) is 0 Å². The number of benzene rings is 1. The fourth-order valence-corrected chi connectivity index (χ4v) is 4.16. The third-order valence-electron chi connectivity index (χ3n) is 4.90. The van der Waals surface area contributed by atoms with Crippen LogP contribution < -0.4 is 0 Å². The molecule has 5 rings (SSSR count). The number of aromatic amines is 1. The number of H-pyrrole nitrogens is 1. The van der Waals surface area contributed by atoms with Crippen LogP contribution in [0.2, 0.25) is 0 Å². The number of hydrogen-bond donors (Lipinski definition) is 1. The lowest BCUT2D eigenvalue weighted by atomic mass is 9.97. The zero-order valence-electron chi connectivity index (χ0n) is 14.5. The van der Waals surface area contributed by atoms with Gasteiger partial charge in [0.1, 0.15) is 0 Å². The lowest BCUT2D eigenvalue weighted by molar-refractivity contribution is 0.0698. The number of carbonyl (C=O) groups is 1. The Balaban J connectivity index is 1.35. The Morgan fingerprint density at radius 2 is 2.26 bits per heavy atom. The topological polar surface area (TPSA) is 87.9 Å². The number of carbonyl (C=O) groups excluding carboxylic acids is 1. The minimum Gasteiger partial charge on any atom is -0.420 e. The second-order valence-corrected chi connectivity index (χ2v) is 7.60. The largest absolute Gasteiger partial charge is 0.420 e. The van der Waals surface area contributed by atoms with Gasteiger partial charge < -0.3 is 14.3 Å². The smallest absolute Gasteiger partial charge is 0.257 e. The maximum atomic E-state index is 13.0. The number of likely N-dealkylation sites (tertiary alicyclic amines) is 1. The van der Waals surface area contributed by atoms with E-state index in [1.165, 1.54) is 0 Å². The summed E-state index contributed by atoms with van der Waals surface area (Å²) in [5.74, 6) is 1.25. The molecule has 1 N–H and O–H groups in total. The van der Waals surface area contributed by atoms with E-state index in [0.717, 1.165) is 35.3 Å². The molecule has 27 heavy (non-hydrogen) atoms. The van der Waals surface area contributed by atoms with Crippen molar-refractivity contribution in [2.45, 2.75) is 18.8 Å². The number of nitrogens with zero attached hydrogens (tertiary/aromatic N) is 4. The van der Waals surface area contributed by atoms with E-state index in [-0.39, 0.29) is 11.8 Å². The number of amides is 1. The molecule has 3 aromatic heterocycles. The third kappa shape index (κ3) is 3.02. The molecule has 1 aliphatic rings. The summed E-state index contributed by atoms with van der Waals surface area (Å²) in [6.45, 7) is 1.33. The molecule has 1 atom stereocenters. The van der Waals surface area contributed by atoms with Gasteiger partial charge >= 0.3 is 0 Å². The lowest BCUT2D eigenvalue weighted by Gasteiger charge is -2.31. The average molecular weight is 379 g/mol. The molecule has 0 spiro atoms. The summed E-state index contributed by atoms with van der Waals surface area (Å²) in [6.07, 6.45) is 3.49. The monoisotopic (exact) mass is 379 g/mol. The number of rotatable bonds is 3. The van der Waals surface area contributed by atoms with E-state index in [1.54, 1.807) is 17.7 Å². The molecule has 1 aliphatic heterocycles. The van der Waals surface area contributed by atoms with E-state index in [0.29, 0.717) is 23.9 Å². The van der Waals surface area contributed by atoms with Gasteiger partial charge in [-0.1, -0.05) is 6.07 Å². The quantitative estimate of drug-likeness (QED) is 0.586. The van der Waals surface area contributed by atoms with Gasteiger partial charge in [-0.15, -0.1) is 21.5 Å². The van der Waals surface area contributed by atoms with Crippen molar-refractivity contribution in [1.29, 1.82) is 0 Å². The molecular formula is C19H17N5O2S. The number of aromatic nitrogens is 4. The summed E-state index contributed by atoms with van der Waals surface area (Å²) >= 11 is 1.57. The molecule has 4 heterocycles. The first kappa shape index (κ1) is 16.2. The highest BCUT2D eigenvalue weighted by atomic mass is 32.1. The molecule has 136 valence electrons. The predicted octanol–water partition coefficient (Wildman–Crippen LogP) is 3.69. The summed E-state index contributed by atoms with van der Waals surface area (Å²) in [5, 5.41) is 10.4. The summed E-state index contributed by atoms with van der Waals surface area (Å²) in [6, 6.07) is 9.48. The number of hydrogen-bond acceptors (Lipinski definition) is 6. The van der Waals surface area contributed by atoms with Crippen LogP contribution in [0.5, 0.6) is 0 Å². The molecule has 1 saturated heterocycles. The Kier molecular flexibility index (Phi) is 3.97. The van der Waals surface area contributed by atoms with Crippen LogP contribution in [0.15, 0.2) is 46.5 Å². The summed E-state index contributed by atoms with van der Waals surface area (Å²) in [4.78, 5) is 23.1. The Hall–Kier alpha value is -3.00. The number of piperidine rings is 1. The summed E-state index contributed by atoms with van der Waals surface area (Å²) in [5.41, 5.74) is 2.39. The van der Waals surface area contributed by atoms with Gasteiger partial charge in [-0.05, 0) is 42.5 Å². The zero-order chi connectivity index (χ0) is 18.2. The third-order valence-corrected chi connectivity index (χ3v) is 5.76.